The quantitative estimate of drug-likeness (QED) is 0.0113. The summed E-state index contributed by atoms with van der Waals surface area (Å²) < 4.78 is 42.1. The molecule has 1 aliphatic rings. The minimum atomic E-state index is 0. The second-order valence-corrected chi connectivity index (χ2v) is 21.9. The molecule has 0 unspecified atom stereocenters. The predicted molar refractivity (Wildman–Crippen MR) is 402 cm³/mol. The highest BCUT2D eigenvalue weighted by atomic mass is 127. The van der Waals surface area contributed by atoms with Gasteiger partial charge in [0.15, 0.2) is 17.8 Å². The Kier molecular flexibility index (Phi) is 95.8. The van der Waals surface area contributed by atoms with Crippen molar-refractivity contribution >= 4 is 22.6 Å². The third kappa shape index (κ3) is 82.3. The molecule has 0 bridgehead atoms. The van der Waals surface area contributed by atoms with E-state index >= 15 is 0 Å². The van der Waals surface area contributed by atoms with Gasteiger partial charge in [-0.1, -0.05) is 145 Å². The topological polar surface area (TPSA) is 355 Å². The average Bonchev–Trinajstić information content (AvgIpc) is 1.15. The molecule has 550 valence electrons. The lowest BCUT2D eigenvalue weighted by molar-refractivity contribution is -0.223. The van der Waals surface area contributed by atoms with Crippen molar-refractivity contribution in [1.82, 2.24) is 20.9 Å². The third-order valence-electron chi connectivity index (χ3n) is 12.2. The second-order valence-electron chi connectivity index (χ2n) is 20.6. The molecule has 1 heterocycles. The Morgan fingerprint density at radius 3 is 1.53 bits per heavy atom. The van der Waals surface area contributed by atoms with Crippen molar-refractivity contribution in [2.24, 2.45) is 33.8 Å². The summed E-state index contributed by atoms with van der Waals surface area (Å²) in [5.74, 6) is 1.51. The number of ether oxygens (including phenoxy) is 8. The maximum atomic E-state index is 8.34. The van der Waals surface area contributed by atoms with E-state index in [4.69, 9.17) is 82.3 Å². The molecule has 4 aromatic carbocycles. The van der Waals surface area contributed by atoms with Gasteiger partial charge in [0.2, 0.25) is 0 Å². The number of rotatable bonds is 40. The Bertz CT molecular complexity index is 1960. The highest BCUT2D eigenvalue weighted by Gasteiger charge is 2.13. The molecule has 0 atom stereocenters. The summed E-state index contributed by atoms with van der Waals surface area (Å²) in [5.41, 5.74) is 36.4. The molecule has 4 aromatic rings. The molecule has 0 radical (unpaired) electrons. The van der Waals surface area contributed by atoms with E-state index in [1.807, 2.05) is 80.8 Å². The van der Waals surface area contributed by atoms with E-state index in [1.54, 1.807) is 14.2 Å². The van der Waals surface area contributed by atoms with Crippen LogP contribution in [0, 0.1) is 3.57 Å². The van der Waals surface area contributed by atoms with Crippen LogP contribution in [-0.2, 0) is 54.4 Å². The molecule has 23 heteroatoms. The predicted octanol–water partition coefficient (Wildman–Crippen LogP) is 8.48. The molecule has 19 N–H and O–H groups in total. The zero-order valence-electron chi connectivity index (χ0n) is 60.3. The van der Waals surface area contributed by atoms with Gasteiger partial charge in [-0.3, -0.25) is 0 Å². The lowest BCUT2D eigenvalue weighted by atomic mass is 10.1. The smallest absolute Gasteiger partial charge is 0.160 e. The molecule has 0 spiro atoms. The third-order valence-corrected chi connectivity index (χ3v) is 12.9. The zero-order chi connectivity index (χ0) is 70.2. The number of aryl methyl sites for hydroxylation is 1. The first kappa shape index (κ1) is 101. The van der Waals surface area contributed by atoms with Crippen LogP contribution in [0.5, 0.6) is 11.5 Å². The standard InChI is InChI=1S/C10H15NO2.C9H21N.C8H9I.C8H19N3O3.C8H11N.C7H9N.C6H15NO.C6H12O2.C5H14N2.C4H11NO2.H2N/c1-12-9-4-3-8(5-6-11)7-10(9)13-2;1-3-4-5-6-7-8-9-10-2;1-2-7-3-5-8(9)6-4-7;9-1-3-12-5-7-14-8-6-13-4-2-11-10;1-9-7-8-5-3-2-4-6-8;8-6-7-4-2-1-3-5-7;1-2-7-5-3-4-6-8;1-2-3-6-7-4-5-8-6;1-7(2)5-3-4-6;5-1-3-7-4-2-6;/h3-4,7H,5-6,11H2,1-2H3;10H,3-9H2,1-2H3;3-6H,2H2,1H3;10H,1-9H2;2-6,9H,7H2,1H3;1-5H,6,8H2;7-8H,2-6H2,1H3;6H,2-5H2,1H3;3-6H2,1-2H3;6H,1-5H2;1H2/q;;;;;;;;;;-1/p+1. The highest BCUT2D eigenvalue weighted by Crippen LogP contribution is 2.27. The van der Waals surface area contributed by atoms with Crippen LogP contribution >= 0.6 is 22.6 Å². The first-order valence-electron chi connectivity index (χ1n) is 33.7. The zero-order valence-corrected chi connectivity index (χ0v) is 62.5. The number of aliphatic hydroxyl groups excluding tert-OH is 2. The van der Waals surface area contributed by atoms with Gasteiger partial charge in [0.05, 0.1) is 86.9 Å². The molecule has 1 saturated heterocycles. The number of benzene rings is 4. The lowest BCUT2D eigenvalue weighted by Crippen LogP contribution is -2.25. The van der Waals surface area contributed by atoms with E-state index < -0.39 is 0 Å². The summed E-state index contributed by atoms with van der Waals surface area (Å²) in [6.07, 6.45) is 15.8. The number of nitrogens with one attached hydrogen (secondary N) is 3. The Morgan fingerprint density at radius 1 is 0.564 bits per heavy atom. The summed E-state index contributed by atoms with van der Waals surface area (Å²) in [7, 11) is 11.3. The first-order chi connectivity index (χ1) is 45.4. The molecule has 94 heavy (non-hydrogen) atoms. The van der Waals surface area contributed by atoms with Crippen LogP contribution in [0.25, 0.3) is 6.15 Å². The normalized spacial score (nSPS) is 10.8. The van der Waals surface area contributed by atoms with Gasteiger partial charge in [-0.05, 0) is 187 Å². The van der Waals surface area contributed by atoms with Gasteiger partial charge in [0.1, 0.15) is 6.54 Å². The summed E-state index contributed by atoms with van der Waals surface area (Å²) >= 11 is 2.31. The number of methoxy groups -OCH3 is 2. The Balaban J connectivity index is -0.000000230. The van der Waals surface area contributed by atoms with Crippen molar-refractivity contribution in [3.63, 3.8) is 0 Å². The van der Waals surface area contributed by atoms with Crippen LogP contribution in [0.1, 0.15) is 121 Å². The largest absolute Gasteiger partial charge is 0.693 e. The fraction of sp³-hybridized carbons (Fsp3) is 0.662. The SMILES string of the molecule is CCCC1OCCO1.CCCCCCCCNC.CCNCCCCO.CCc1ccc(I)cc1.CN(C)CCCN.CNCc1ccccc1.COc1ccc(CCN)cc1OC.NCCOCCO.NCCOCCOCCOCCN=[NH2+].NCc1ccccc1.[NH2-]. The molecule has 0 aliphatic carbocycles. The van der Waals surface area contributed by atoms with Crippen molar-refractivity contribution < 1.29 is 53.6 Å². The van der Waals surface area contributed by atoms with Crippen LogP contribution in [-0.4, -0.2) is 202 Å². The molecular weight excluding hydrogens is 1310 g/mol. The minimum Gasteiger partial charge on any atom is -0.693 e. The van der Waals surface area contributed by atoms with Gasteiger partial charge >= 0.3 is 0 Å². The number of hydrogen-bond donors (Lipinski definition) is 11. The van der Waals surface area contributed by atoms with Crippen molar-refractivity contribution in [3.8, 4) is 11.5 Å². The number of nitrogens with zero attached hydrogens (tertiary/aromatic N) is 2. The van der Waals surface area contributed by atoms with Gasteiger partial charge in [0.25, 0.3) is 0 Å². The summed E-state index contributed by atoms with van der Waals surface area (Å²) in [5, 5.41) is 29.3. The van der Waals surface area contributed by atoms with E-state index in [0.29, 0.717) is 92.2 Å². The number of hydrogen-bond acceptors (Lipinski definition) is 20. The maximum Gasteiger partial charge on any atom is 0.160 e. The Hall–Kier alpha value is -3.91. The molecule has 5 rings (SSSR count). The monoisotopic (exact) mass is 1450 g/mol. The highest BCUT2D eigenvalue weighted by molar-refractivity contribution is 14.1. The molecule has 1 aliphatic heterocycles. The minimum absolute atomic E-state index is 0. The fourth-order valence-corrected chi connectivity index (χ4v) is 7.53. The van der Waals surface area contributed by atoms with Crippen molar-refractivity contribution in [2.45, 2.75) is 131 Å². The molecule has 1 fully saturated rings. The number of nitrogens with two attached hydrogens (primary N) is 7. The van der Waals surface area contributed by atoms with Gasteiger partial charge in [-0.2, -0.15) is 5.53 Å². The van der Waals surface area contributed by atoms with Gasteiger partial charge in [-0.25, -0.2) is 0 Å². The lowest BCUT2D eigenvalue weighted by Gasteiger charge is -2.08. The molecular formula is C71H139IN12O10. The molecule has 0 aromatic heterocycles. The van der Waals surface area contributed by atoms with E-state index in [9.17, 15) is 0 Å². The van der Waals surface area contributed by atoms with Crippen LogP contribution in [0.3, 0.4) is 0 Å². The van der Waals surface area contributed by atoms with Gasteiger partial charge < -0.3 is 104 Å². The number of halogens is 1. The Morgan fingerprint density at radius 2 is 1.10 bits per heavy atom. The van der Waals surface area contributed by atoms with Crippen molar-refractivity contribution in [1.29, 1.82) is 0 Å². The fourth-order valence-electron chi connectivity index (χ4n) is 7.17. The van der Waals surface area contributed by atoms with Gasteiger partial charge in [-0.15, -0.1) is 0 Å². The first-order valence-corrected chi connectivity index (χ1v) is 34.8. The summed E-state index contributed by atoms with van der Waals surface area (Å²) in [6.45, 7) is 24.0. The van der Waals surface area contributed by atoms with Crippen molar-refractivity contribution in [3.05, 3.63) is 135 Å². The summed E-state index contributed by atoms with van der Waals surface area (Å²) in [6, 6.07) is 34.8. The average molecular weight is 1450 g/mol. The number of aliphatic hydroxyl groups is 2. The summed E-state index contributed by atoms with van der Waals surface area (Å²) in [4.78, 5) is 2.13. The van der Waals surface area contributed by atoms with Crippen LogP contribution in [0.15, 0.2) is 108 Å². The van der Waals surface area contributed by atoms with E-state index in [1.165, 1.54) is 70.9 Å². The van der Waals surface area contributed by atoms with E-state index in [2.05, 4.69) is 127 Å². The van der Waals surface area contributed by atoms with Crippen LogP contribution in [0.4, 0.5) is 0 Å². The molecule has 22 nitrogen and oxygen atoms in total. The number of unbranched alkanes of at least 4 members (excludes halogenated alkanes) is 6. The van der Waals surface area contributed by atoms with Gasteiger partial charge in [0, 0.05) is 36.4 Å². The second kappa shape index (κ2) is 89.1. The Labute approximate surface area is 585 Å². The van der Waals surface area contributed by atoms with Crippen LogP contribution in [0.2, 0.25) is 0 Å². The molecule has 0 amide bonds. The van der Waals surface area contributed by atoms with Crippen LogP contribution < -0.4 is 59.6 Å². The van der Waals surface area contributed by atoms with E-state index in [-0.39, 0.29) is 19.0 Å². The maximum absolute atomic E-state index is 8.34. The molecule has 0 saturated carbocycles. The van der Waals surface area contributed by atoms with E-state index in [0.717, 1.165) is 102 Å². The van der Waals surface area contributed by atoms with Crippen molar-refractivity contribution in [2.75, 3.05) is 181 Å².